The highest BCUT2D eigenvalue weighted by Gasteiger charge is 2.13. The molecular formula is C8H8O2S. The van der Waals surface area contributed by atoms with Crippen LogP contribution in [0.3, 0.4) is 0 Å². The van der Waals surface area contributed by atoms with Gasteiger partial charge in [0.15, 0.2) is 0 Å². The molecule has 0 aromatic carbocycles. The normalized spacial score (nSPS) is 17.4. The lowest BCUT2D eigenvalue weighted by atomic mass is 9.99. The topological polar surface area (TPSA) is 37.3 Å². The number of carbonyl (C=O) groups is 1. The Morgan fingerprint density at radius 1 is 1.73 bits per heavy atom. The highest BCUT2D eigenvalue weighted by Crippen LogP contribution is 2.16. The zero-order chi connectivity index (χ0) is 8.43. The first-order valence-electron chi connectivity index (χ1n) is 3.27. The van der Waals surface area contributed by atoms with Crippen LogP contribution in [0.1, 0.15) is 13.3 Å². The Morgan fingerprint density at radius 2 is 2.36 bits per heavy atom. The summed E-state index contributed by atoms with van der Waals surface area (Å²) in [4.78, 5) is 11.3. The van der Waals surface area contributed by atoms with E-state index in [0.29, 0.717) is 12.0 Å². The highest BCUT2D eigenvalue weighted by molar-refractivity contribution is 7.80. The standard InChI is InChI=1S/C8H8O2S/c1-5-6(8(9)10)3-2-4-7(5)11/h2-3H,4H2,1H3,(H,9,10). The SMILES string of the molecule is CC1=C(C(=O)O)C=CCC1=S. The Labute approximate surface area is 70.2 Å². The van der Waals surface area contributed by atoms with Crippen molar-refractivity contribution in [2.45, 2.75) is 13.3 Å². The molecule has 0 aliphatic heterocycles. The molecule has 0 saturated carbocycles. The molecule has 1 N–H and O–H groups in total. The third-order valence-corrected chi connectivity index (χ3v) is 2.11. The minimum Gasteiger partial charge on any atom is -0.478 e. The molecule has 11 heavy (non-hydrogen) atoms. The minimum atomic E-state index is -0.902. The van der Waals surface area contributed by atoms with Gasteiger partial charge in [-0.05, 0) is 12.5 Å². The summed E-state index contributed by atoms with van der Waals surface area (Å²) in [5.41, 5.74) is 1.04. The summed E-state index contributed by atoms with van der Waals surface area (Å²) in [6, 6.07) is 0. The predicted molar refractivity (Wildman–Crippen MR) is 46.7 cm³/mol. The lowest BCUT2D eigenvalue weighted by Gasteiger charge is -2.08. The minimum absolute atomic E-state index is 0.321. The number of thiocarbonyl (C=S) groups is 1. The maximum atomic E-state index is 10.5. The summed E-state index contributed by atoms with van der Waals surface area (Å²) in [5, 5.41) is 8.66. The van der Waals surface area contributed by atoms with Crippen molar-refractivity contribution < 1.29 is 9.90 Å². The van der Waals surface area contributed by atoms with Crippen LogP contribution in [-0.4, -0.2) is 15.9 Å². The Balaban J connectivity index is 3.08. The molecule has 0 fully saturated rings. The summed E-state index contributed by atoms with van der Waals surface area (Å²) in [7, 11) is 0. The molecule has 58 valence electrons. The van der Waals surface area contributed by atoms with E-state index >= 15 is 0 Å². The summed E-state index contributed by atoms with van der Waals surface area (Å²) in [6.45, 7) is 1.75. The summed E-state index contributed by atoms with van der Waals surface area (Å²) >= 11 is 4.95. The fourth-order valence-electron chi connectivity index (χ4n) is 0.944. The molecule has 0 heterocycles. The second-order valence-electron chi connectivity index (χ2n) is 2.37. The van der Waals surface area contributed by atoms with Gasteiger partial charge in [-0.1, -0.05) is 24.4 Å². The van der Waals surface area contributed by atoms with Crippen molar-refractivity contribution in [1.82, 2.24) is 0 Å². The molecule has 0 aromatic rings. The molecule has 0 aromatic heterocycles. The Kier molecular flexibility index (Phi) is 2.19. The van der Waals surface area contributed by atoms with Crippen LogP contribution < -0.4 is 0 Å². The van der Waals surface area contributed by atoms with E-state index in [2.05, 4.69) is 0 Å². The van der Waals surface area contributed by atoms with Gasteiger partial charge in [-0.15, -0.1) is 0 Å². The van der Waals surface area contributed by atoms with Gasteiger partial charge in [-0.25, -0.2) is 4.79 Å². The smallest absolute Gasteiger partial charge is 0.335 e. The molecule has 0 bridgehead atoms. The van der Waals surface area contributed by atoms with E-state index in [-0.39, 0.29) is 0 Å². The lowest BCUT2D eigenvalue weighted by molar-refractivity contribution is -0.132. The van der Waals surface area contributed by atoms with Crippen LogP contribution in [0, 0.1) is 0 Å². The third kappa shape index (κ3) is 1.54. The Bertz CT molecular complexity index is 274. The largest absolute Gasteiger partial charge is 0.478 e. The van der Waals surface area contributed by atoms with E-state index in [1.165, 1.54) is 0 Å². The highest BCUT2D eigenvalue weighted by atomic mass is 32.1. The Morgan fingerprint density at radius 3 is 2.82 bits per heavy atom. The first-order chi connectivity index (χ1) is 5.13. The van der Waals surface area contributed by atoms with Crippen molar-refractivity contribution in [2.75, 3.05) is 0 Å². The molecule has 0 amide bonds. The van der Waals surface area contributed by atoms with E-state index in [9.17, 15) is 4.79 Å². The van der Waals surface area contributed by atoms with Crippen molar-refractivity contribution in [3.8, 4) is 0 Å². The molecule has 0 atom stereocenters. The first kappa shape index (κ1) is 8.14. The second kappa shape index (κ2) is 2.96. The van der Waals surface area contributed by atoms with E-state index in [1.54, 1.807) is 19.1 Å². The van der Waals surface area contributed by atoms with Gasteiger partial charge in [0.2, 0.25) is 0 Å². The van der Waals surface area contributed by atoms with Crippen LogP contribution in [-0.2, 0) is 4.79 Å². The third-order valence-electron chi connectivity index (χ3n) is 1.64. The molecule has 0 unspecified atom stereocenters. The fraction of sp³-hybridized carbons (Fsp3) is 0.250. The van der Waals surface area contributed by atoms with Crippen molar-refractivity contribution in [2.24, 2.45) is 0 Å². The van der Waals surface area contributed by atoms with Crippen molar-refractivity contribution >= 4 is 23.1 Å². The zero-order valence-electron chi connectivity index (χ0n) is 6.13. The van der Waals surface area contributed by atoms with Crippen molar-refractivity contribution in [1.29, 1.82) is 0 Å². The van der Waals surface area contributed by atoms with Crippen molar-refractivity contribution in [3.05, 3.63) is 23.3 Å². The number of carboxylic acid groups (broad SMARTS) is 1. The first-order valence-corrected chi connectivity index (χ1v) is 3.67. The lowest BCUT2D eigenvalue weighted by Crippen LogP contribution is -2.09. The van der Waals surface area contributed by atoms with Gasteiger partial charge in [0.1, 0.15) is 0 Å². The van der Waals surface area contributed by atoms with Gasteiger partial charge >= 0.3 is 5.97 Å². The molecule has 1 rings (SSSR count). The maximum absolute atomic E-state index is 10.5. The van der Waals surface area contributed by atoms with E-state index in [0.717, 1.165) is 10.4 Å². The van der Waals surface area contributed by atoms with Crippen molar-refractivity contribution in [3.63, 3.8) is 0 Å². The van der Waals surface area contributed by atoms with Gasteiger partial charge in [0, 0.05) is 11.3 Å². The Hall–Kier alpha value is -0.960. The molecular weight excluding hydrogens is 160 g/mol. The van der Waals surface area contributed by atoms with Crippen LogP contribution in [0.5, 0.6) is 0 Å². The van der Waals surface area contributed by atoms with E-state index < -0.39 is 5.97 Å². The fourth-order valence-corrected chi connectivity index (χ4v) is 1.15. The van der Waals surface area contributed by atoms with Gasteiger partial charge in [0.25, 0.3) is 0 Å². The molecule has 0 saturated heterocycles. The van der Waals surface area contributed by atoms with E-state index in [4.69, 9.17) is 17.3 Å². The van der Waals surface area contributed by atoms with Gasteiger partial charge < -0.3 is 5.11 Å². The maximum Gasteiger partial charge on any atom is 0.335 e. The number of rotatable bonds is 1. The van der Waals surface area contributed by atoms with Crippen LogP contribution in [0.2, 0.25) is 0 Å². The summed E-state index contributed by atoms with van der Waals surface area (Å²) in [5.74, 6) is -0.902. The molecule has 2 nitrogen and oxygen atoms in total. The number of allylic oxidation sites excluding steroid dienone is 2. The van der Waals surface area contributed by atoms with Gasteiger partial charge in [0.05, 0.1) is 5.57 Å². The van der Waals surface area contributed by atoms with Crippen LogP contribution in [0.15, 0.2) is 23.3 Å². The number of hydrogen-bond donors (Lipinski definition) is 1. The predicted octanol–water partition coefficient (Wildman–Crippen LogP) is 1.72. The summed E-state index contributed by atoms with van der Waals surface area (Å²) < 4.78 is 0. The van der Waals surface area contributed by atoms with E-state index in [1.807, 2.05) is 0 Å². The number of aliphatic carboxylic acids is 1. The zero-order valence-corrected chi connectivity index (χ0v) is 6.94. The molecule has 1 aliphatic carbocycles. The molecule has 0 spiro atoms. The number of carboxylic acids is 1. The molecule has 3 heteroatoms. The monoisotopic (exact) mass is 168 g/mol. The average molecular weight is 168 g/mol. The van der Waals surface area contributed by atoms with Crippen LogP contribution in [0.4, 0.5) is 0 Å². The molecule has 1 aliphatic rings. The van der Waals surface area contributed by atoms with Crippen LogP contribution >= 0.6 is 12.2 Å². The van der Waals surface area contributed by atoms with Gasteiger partial charge in [-0.2, -0.15) is 0 Å². The molecule has 0 radical (unpaired) electrons. The van der Waals surface area contributed by atoms with Gasteiger partial charge in [-0.3, -0.25) is 0 Å². The second-order valence-corrected chi connectivity index (χ2v) is 2.87. The quantitative estimate of drug-likeness (QED) is 0.606. The average Bonchev–Trinajstić information content (AvgIpc) is 1.94. The summed E-state index contributed by atoms with van der Waals surface area (Å²) in [6.07, 6.45) is 4.07. The van der Waals surface area contributed by atoms with Crippen LogP contribution in [0.25, 0.3) is 0 Å². The number of hydrogen-bond acceptors (Lipinski definition) is 2.